The standard InChI is InChI=1S/C13H19N5/c1-4-18(9(2)3)12-10-7-5-6-8-11(10)15-13(16-12)17-14/h5-9H,4,14H2,1-3H3,(H,15,16,17). The van der Waals surface area contributed by atoms with Gasteiger partial charge in [-0.1, -0.05) is 12.1 Å². The molecule has 0 bridgehead atoms. The molecule has 0 aliphatic rings. The van der Waals surface area contributed by atoms with Gasteiger partial charge in [0.15, 0.2) is 0 Å². The number of benzene rings is 1. The van der Waals surface area contributed by atoms with Crippen LogP contribution in [0.15, 0.2) is 24.3 Å². The van der Waals surface area contributed by atoms with E-state index in [1.807, 2.05) is 24.3 Å². The SMILES string of the molecule is CCN(c1nc(NN)nc2ccccc12)C(C)C. The normalized spacial score (nSPS) is 10.9. The van der Waals surface area contributed by atoms with Crippen LogP contribution in [0.4, 0.5) is 11.8 Å². The Kier molecular flexibility index (Phi) is 3.62. The maximum atomic E-state index is 5.43. The fourth-order valence-corrected chi connectivity index (χ4v) is 2.10. The summed E-state index contributed by atoms with van der Waals surface area (Å²) in [5.41, 5.74) is 3.43. The van der Waals surface area contributed by atoms with Crippen LogP contribution in [0.2, 0.25) is 0 Å². The predicted octanol–water partition coefficient (Wildman–Crippen LogP) is 2.15. The first-order valence-corrected chi connectivity index (χ1v) is 6.17. The molecular formula is C13H19N5. The van der Waals surface area contributed by atoms with E-state index in [4.69, 9.17) is 5.84 Å². The summed E-state index contributed by atoms with van der Waals surface area (Å²) in [4.78, 5) is 11.1. The number of nitrogens with two attached hydrogens (primary N) is 1. The Hall–Kier alpha value is -1.88. The van der Waals surface area contributed by atoms with E-state index >= 15 is 0 Å². The molecule has 0 radical (unpaired) electrons. The van der Waals surface area contributed by atoms with E-state index in [-0.39, 0.29) is 0 Å². The highest BCUT2D eigenvalue weighted by Gasteiger charge is 2.15. The number of nitrogen functional groups attached to an aromatic ring is 1. The first kappa shape index (κ1) is 12.6. The van der Waals surface area contributed by atoms with E-state index in [9.17, 15) is 0 Å². The fourth-order valence-electron chi connectivity index (χ4n) is 2.10. The van der Waals surface area contributed by atoms with Crippen LogP contribution < -0.4 is 16.2 Å². The van der Waals surface area contributed by atoms with Crippen molar-refractivity contribution in [1.82, 2.24) is 9.97 Å². The lowest BCUT2D eigenvalue weighted by molar-refractivity contribution is 0.696. The van der Waals surface area contributed by atoms with E-state index in [2.05, 4.69) is 41.1 Å². The average Bonchev–Trinajstić information content (AvgIpc) is 2.38. The molecule has 5 heteroatoms. The molecule has 18 heavy (non-hydrogen) atoms. The summed E-state index contributed by atoms with van der Waals surface area (Å²) in [5, 5.41) is 1.05. The molecule has 2 aromatic rings. The van der Waals surface area contributed by atoms with Crippen LogP contribution >= 0.6 is 0 Å². The van der Waals surface area contributed by atoms with Gasteiger partial charge in [0.25, 0.3) is 0 Å². The topological polar surface area (TPSA) is 67.1 Å². The van der Waals surface area contributed by atoms with Gasteiger partial charge in [0.05, 0.1) is 5.52 Å². The Morgan fingerprint density at radius 3 is 2.61 bits per heavy atom. The number of anilines is 2. The highest BCUT2D eigenvalue weighted by atomic mass is 15.3. The van der Waals surface area contributed by atoms with Gasteiger partial charge in [-0.3, -0.25) is 5.43 Å². The van der Waals surface area contributed by atoms with E-state index < -0.39 is 0 Å². The van der Waals surface area contributed by atoms with Crippen molar-refractivity contribution in [2.24, 2.45) is 5.84 Å². The van der Waals surface area contributed by atoms with E-state index in [0.717, 1.165) is 23.3 Å². The lowest BCUT2D eigenvalue weighted by atomic mass is 10.2. The summed E-state index contributed by atoms with van der Waals surface area (Å²) in [6, 6.07) is 8.34. The number of para-hydroxylation sites is 1. The van der Waals surface area contributed by atoms with Crippen molar-refractivity contribution < 1.29 is 0 Å². The zero-order chi connectivity index (χ0) is 13.1. The fraction of sp³-hybridized carbons (Fsp3) is 0.385. The van der Waals surface area contributed by atoms with Crippen molar-refractivity contribution in [3.63, 3.8) is 0 Å². The second-order valence-corrected chi connectivity index (χ2v) is 4.41. The van der Waals surface area contributed by atoms with Gasteiger partial charge in [0.2, 0.25) is 5.95 Å². The first-order chi connectivity index (χ1) is 8.67. The molecule has 0 aliphatic carbocycles. The van der Waals surface area contributed by atoms with Crippen LogP contribution in [0.5, 0.6) is 0 Å². The summed E-state index contributed by atoms with van der Waals surface area (Å²) in [5.74, 6) is 6.80. The zero-order valence-electron chi connectivity index (χ0n) is 11.0. The Balaban J connectivity index is 2.66. The molecule has 96 valence electrons. The minimum Gasteiger partial charge on any atom is -0.354 e. The van der Waals surface area contributed by atoms with Crippen molar-refractivity contribution in [1.29, 1.82) is 0 Å². The summed E-state index contributed by atoms with van der Waals surface area (Å²) >= 11 is 0. The third-order valence-electron chi connectivity index (χ3n) is 2.95. The van der Waals surface area contributed by atoms with Crippen molar-refractivity contribution >= 4 is 22.7 Å². The monoisotopic (exact) mass is 245 g/mol. The molecule has 0 saturated heterocycles. The van der Waals surface area contributed by atoms with Crippen LogP contribution in [0.3, 0.4) is 0 Å². The molecule has 3 N–H and O–H groups in total. The lowest BCUT2D eigenvalue weighted by Crippen LogP contribution is -2.31. The number of fused-ring (bicyclic) bond motifs is 1. The number of aromatic nitrogens is 2. The molecule has 0 saturated carbocycles. The molecular weight excluding hydrogens is 226 g/mol. The zero-order valence-corrected chi connectivity index (χ0v) is 11.0. The smallest absolute Gasteiger partial charge is 0.239 e. The Bertz CT molecular complexity index is 538. The lowest BCUT2D eigenvalue weighted by Gasteiger charge is -2.27. The number of hydrazine groups is 1. The van der Waals surface area contributed by atoms with Gasteiger partial charge in [0.1, 0.15) is 5.82 Å². The van der Waals surface area contributed by atoms with Gasteiger partial charge in [0, 0.05) is 18.0 Å². The molecule has 0 amide bonds. The molecule has 5 nitrogen and oxygen atoms in total. The third-order valence-corrected chi connectivity index (χ3v) is 2.95. The number of nitrogens with zero attached hydrogens (tertiary/aromatic N) is 3. The van der Waals surface area contributed by atoms with E-state index in [1.165, 1.54) is 0 Å². The van der Waals surface area contributed by atoms with Crippen molar-refractivity contribution in [2.45, 2.75) is 26.8 Å². The van der Waals surface area contributed by atoms with Crippen LogP contribution in [0.1, 0.15) is 20.8 Å². The van der Waals surface area contributed by atoms with Gasteiger partial charge in [-0.25, -0.2) is 10.8 Å². The van der Waals surface area contributed by atoms with Crippen LogP contribution in [-0.4, -0.2) is 22.6 Å². The molecule has 0 fully saturated rings. The molecule has 1 aromatic carbocycles. The molecule has 0 spiro atoms. The summed E-state index contributed by atoms with van der Waals surface area (Å²) in [6.45, 7) is 7.31. The Morgan fingerprint density at radius 2 is 2.00 bits per heavy atom. The largest absolute Gasteiger partial charge is 0.354 e. The Morgan fingerprint density at radius 1 is 1.28 bits per heavy atom. The van der Waals surface area contributed by atoms with Crippen LogP contribution in [0, 0.1) is 0 Å². The number of hydrogen-bond donors (Lipinski definition) is 2. The minimum absolute atomic E-state index is 0.374. The van der Waals surface area contributed by atoms with Crippen molar-refractivity contribution in [2.75, 3.05) is 16.9 Å². The van der Waals surface area contributed by atoms with E-state index in [1.54, 1.807) is 0 Å². The quantitative estimate of drug-likeness (QED) is 0.638. The predicted molar refractivity (Wildman–Crippen MR) is 75.5 cm³/mol. The minimum atomic E-state index is 0.374. The number of nitrogens with one attached hydrogen (secondary N) is 1. The number of rotatable bonds is 4. The van der Waals surface area contributed by atoms with E-state index in [0.29, 0.717) is 12.0 Å². The third kappa shape index (κ3) is 2.22. The summed E-state index contributed by atoms with van der Waals surface area (Å²) < 4.78 is 0. The second-order valence-electron chi connectivity index (χ2n) is 4.41. The summed E-state index contributed by atoms with van der Waals surface area (Å²) in [7, 11) is 0. The highest BCUT2D eigenvalue weighted by Crippen LogP contribution is 2.26. The highest BCUT2D eigenvalue weighted by molar-refractivity contribution is 5.90. The average molecular weight is 245 g/mol. The van der Waals surface area contributed by atoms with Crippen LogP contribution in [-0.2, 0) is 0 Å². The molecule has 0 atom stereocenters. The first-order valence-electron chi connectivity index (χ1n) is 6.17. The van der Waals surface area contributed by atoms with Gasteiger partial charge in [-0.2, -0.15) is 4.98 Å². The maximum absolute atomic E-state index is 5.43. The summed E-state index contributed by atoms with van der Waals surface area (Å²) in [6.07, 6.45) is 0. The van der Waals surface area contributed by atoms with Gasteiger partial charge < -0.3 is 4.90 Å². The Labute approximate surface area is 107 Å². The maximum Gasteiger partial charge on any atom is 0.239 e. The van der Waals surface area contributed by atoms with Crippen LogP contribution in [0.25, 0.3) is 10.9 Å². The second kappa shape index (κ2) is 5.18. The van der Waals surface area contributed by atoms with Gasteiger partial charge >= 0.3 is 0 Å². The molecule has 0 aliphatic heterocycles. The van der Waals surface area contributed by atoms with Crippen molar-refractivity contribution in [3.05, 3.63) is 24.3 Å². The molecule has 1 heterocycles. The molecule has 2 rings (SSSR count). The van der Waals surface area contributed by atoms with Gasteiger partial charge in [-0.05, 0) is 32.9 Å². The number of hydrogen-bond acceptors (Lipinski definition) is 5. The molecule has 0 unspecified atom stereocenters. The molecule has 1 aromatic heterocycles. The van der Waals surface area contributed by atoms with Gasteiger partial charge in [-0.15, -0.1) is 0 Å². The van der Waals surface area contributed by atoms with Crippen molar-refractivity contribution in [3.8, 4) is 0 Å².